The average molecular weight is 433 g/mol. The molecule has 2 rings (SSSR count). The van der Waals surface area contributed by atoms with Crippen LogP contribution in [0.1, 0.15) is 21.9 Å². The van der Waals surface area contributed by atoms with Crippen LogP contribution in [0, 0.1) is 34.3 Å². The van der Waals surface area contributed by atoms with Crippen LogP contribution in [0.3, 0.4) is 0 Å². The number of aryl methyl sites for hydroxylation is 4. The van der Waals surface area contributed by atoms with Gasteiger partial charge in [-0.05, 0) is 13.8 Å². The summed E-state index contributed by atoms with van der Waals surface area (Å²) in [5.41, 5.74) is 3.81. The van der Waals surface area contributed by atoms with Gasteiger partial charge >= 0.3 is 5.65 Å². The summed E-state index contributed by atoms with van der Waals surface area (Å²) >= 11 is 0. The summed E-state index contributed by atoms with van der Waals surface area (Å²) in [7, 11) is -4.39. The topological polar surface area (TPSA) is 226 Å². The Labute approximate surface area is 158 Å². The molecule has 2 aromatic rings. The third-order valence-electron chi connectivity index (χ3n) is 3.17. The predicted octanol–water partition coefficient (Wildman–Crippen LogP) is -9.95. The summed E-state index contributed by atoms with van der Waals surface area (Å²) in [5, 5.41) is 2.68. The summed E-state index contributed by atoms with van der Waals surface area (Å²) in [6, 6.07) is 2.10. The first-order chi connectivity index (χ1) is 12.0. The molecule has 2 heterocycles. The quantitative estimate of drug-likeness (QED) is 0.421. The standard InChI is InChI=1S/C12H17N4O.2ClHO4/c1-8-6-9(2)16-7-14(4)10(11(17)13-3)12(16)15(8)5;2*2-1(3,4)5/h6-7H,1-5H3;2*(H,2,3,4,5)/q+1;;/p-1. The maximum absolute atomic E-state index is 11.9. The maximum atomic E-state index is 11.9. The summed E-state index contributed by atoms with van der Waals surface area (Å²) in [4.78, 5) is 11.9. The molecule has 0 aliphatic heterocycles. The Morgan fingerprint density at radius 2 is 1.41 bits per heavy atom. The summed E-state index contributed by atoms with van der Waals surface area (Å²) in [6.45, 7) is 4.07. The average Bonchev–Trinajstić information content (AvgIpc) is 2.78. The summed E-state index contributed by atoms with van der Waals surface area (Å²) in [6.07, 6.45) is 1.93. The lowest BCUT2D eigenvalue weighted by molar-refractivity contribution is -2.00. The molecule has 0 fully saturated rings. The van der Waals surface area contributed by atoms with Gasteiger partial charge in [0, 0.05) is 13.1 Å². The largest absolute Gasteiger partial charge is 0.352 e. The van der Waals surface area contributed by atoms with Crippen molar-refractivity contribution in [2.75, 3.05) is 7.05 Å². The number of nitrogens with zero attached hydrogens (tertiary/aromatic N) is 3. The van der Waals surface area contributed by atoms with Gasteiger partial charge in [0.1, 0.15) is 11.4 Å². The molecule has 0 saturated heterocycles. The molecule has 0 saturated carbocycles. The van der Waals surface area contributed by atoms with Gasteiger partial charge in [-0.1, -0.05) is 0 Å². The Balaban J connectivity index is 0.000000563. The molecule has 154 valence electrons. The minimum Gasteiger partial charge on any atom is -0.352 e. The molecule has 0 aliphatic carbocycles. The van der Waals surface area contributed by atoms with Crippen LogP contribution in [-0.4, -0.2) is 17.4 Å². The van der Waals surface area contributed by atoms with Gasteiger partial charge in [-0.25, -0.2) is 46.4 Å². The van der Waals surface area contributed by atoms with E-state index >= 15 is 0 Å². The second kappa shape index (κ2) is 9.52. The molecule has 1 N–H and O–H groups in total. The third-order valence-corrected chi connectivity index (χ3v) is 3.17. The number of amides is 1. The maximum Gasteiger partial charge on any atom is 0.342 e. The van der Waals surface area contributed by atoms with E-state index in [0.717, 1.165) is 17.0 Å². The first kappa shape index (κ1) is 25.4. The fraction of sp³-hybridized carbons (Fsp3) is 0.417. The molecular weight excluding hydrogens is 415 g/mol. The smallest absolute Gasteiger partial charge is 0.342 e. The van der Waals surface area contributed by atoms with Crippen LogP contribution in [0.15, 0.2) is 12.4 Å². The molecule has 0 unspecified atom stereocenters. The van der Waals surface area contributed by atoms with Crippen molar-refractivity contribution in [3.05, 3.63) is 29.5 Å². The van der Waals surface area contributed by atoms with Crippen molar-refractivity contribution in [1.82, 2.24) is 9.72 Å². The van der Waals surface area contributed by atoms with Crippen molar-refractivity contribution >= 4 is 11.6 Å². The van der Waals surface area contributed by atoms with E-state index < -0.39 is 20.5 Å². The molecule has 0 aromatic carbocycles. The van der Waals surface area contributed by atoms with Crippen LogP contribution in [-0.2, 0) is 14.1 Å². The Bertz CT molecular complexity index is 775. The van der Waals surface area contributed by atoms with Gasteiger partial charge in [0.15, 0.2) is 0 Å². The minimum atomic E-state index is -4.94. The van der Waals surface area contributed by atoms with Crippen molar-refractivity contribution in [2.24, 2.45) is 14.1 Å². The minimum absolute atomic E-state index is 0.0735. The lowest BCUT2D eigenvalue weighted by Gasteiger charge is -2.17. The number of carbonyl (C=O) groups is 1. The molecule has 2 aromatic heterocycles. The lowest BCUT2D eigenvalue weighted by atomic mass is 10.3. The van der Waals surface area contributed by atoms with Crippen LogP contribution in [0.5, 0.6) is 0 Å². The zero-order valence-electron chi connectivity index (χ0n) is 14.9. The number of aromatic nitrogens is 3. The van der Waals surface area contributed by atoms with Gasteiger partial charge in [-0.3, -0.25) is 4.79 Å². The summed E-state index contributed by atoms with van der Waals surface area (Å²) < 4.78 is 73.8. The van der Waals surface area contributed by atoms with Crippen LogP contribution in [0.25, 0.3) is 5.65 Å². The van der Waals surface area contributed by atoms with Crippen molar-refractivity contribution in [1.29, 1.82) is 0 Å². The molecule has 15 heteroatoms. The van der Waals surface area contributed by atoms with Crippen molar-refractivity contribution in [3.8, 4) is 0 Å². The molecule has 0 aliphatic rings. The first-order valence-electron chi connectivity index (χ1n) is 6.79. The number of nitrogens with one attached hydrogen (secondary N) is 1. The van der Waals surface area contributed by atoms with E-state index in [4.69, 9.17) is 37.3 Å². The SMILES string of the molecule is CNC(=O)c1c2n(c[n+]1C)c(C)cc(C)[n+]2C.[O-][Cl+3]([O-])([O-])[O-].[O-][Cl+3]([O-])([O-])[O-]. The highest BCUT2D eigenvalue weighted by atomic mass is 35.7. The Hall–Kier alpha value is -1.65. The van der Waals surface area contributed by atoms with E-state index in [2.05, 4.69) is 11.4 Å². The van der Waals surface area contributed by atoms with Gasteiger partial charge in [0.05, 0.1) is 14.1 Å². The molecule has 0 spiro atoms. The Kier molecular flexibility index (Phi) is 8.94. The highest BCUT2D eigenvalue weighted by Crippen LogP contribution is 2.07. The van der Waals surface area contributed by atoms with Crippen LogP contribution < -0.4 is 51.7 Å². The van der Waals surface area contributed by atoms with Gasteiger partial charge in [-0.15, -0.1) is 20.5 Å². The Morgan fingerprint density at radius 3 is 1.78 bits per heavy atom. The molecular formula is C12H18Cl2N4O9. The molecule has 27 heavy (non-hydrogen) atoms. The van der Waals surface area contributed by atoms with Crippen LogP contribution >= 0.6 is 0 Å². The fourth-order valence-electron chi connectivity index (χ4n) is 2.15. The molecule has 0 radical (unpaired) electrons. The van der Waals surface area contributed by atoms with E-state index in [1.807, 2.05) is 47.8 Å². The number of fused-ring (bicyclic) bond motifs is 1. The number of rotatable bonds is 1. The van der Waals surface area contributed by atoms with Crippen molar-refractivity contribution < 1.29 is 71.7 Å². The second-order valence-corrected chi connectivity index (χ2v) is 6.60. The number of carbonyl (C=O) groups excluding carboxylic acids is 1. The highest BCUT2D eigenvalue weighted by molar-refractivity contribution is 5.95. The predicted molar refractivity (Wildman–Crippen MR) is 62.6 cm³/mol. The fourth-order valence-corrected chi connectivity index (χ4v) is 2.15. The van der Waals surface area contributed by atoms with E-state index in [1.165, 1.54) is 0 Å². The van der Waals surface area contributed by atoms with E-state index in [-0.39, 0.29) is 5.91 Å². The van der Waals surface area contributed by atoms with Crippen molar-refractivity contribution in [3.63, 3.8) is 0 Å². The van der Waals surface area contributed by atoms with Gasteiger partial charge in [-0.2, -0.15) is 4.40 Å². The van der Waals surface area contributed by atoms with Gasteiger partial charge < -0.3 is 5.32 Å². The van der Waals surface area contributed by atoms with E-state index in [1.54, 1.807) is 7.05 Å². The zero-order chi connectivity index (χ0) is 21.7. The Morgan fingerprint density at radius 1 is 1.00 bits per heavy atom. The summed E-state index contributed by atoms with van der Waals surface area (Å²) in [5.74, 6) is -0.0735. The zero-order valence-corrected chi connectivity index (χ0v) is 16.4. The molecule has 13 nitrogen and oxygen atoms in total. The van der Waals surface area contributed by atoms with E-state index in [9.17, 15) is 4.79 Å². The monoisotopic (exact) mass is 432 g/mol. The third kappa shape index (κ3) is 9.21. The highest BCUT2D eigenvalue weighted by Gasteiger charge is 2.28. The molecule has 0 atom stereocenters. The van der Waals surface area contributed by atoms with Gasteiger partial charge in [0.25, 0.3) is 17.9 Å². The lowest BCUT2D eigenvalue weighted by Crippen LogP contribution is -2.68. The molecule has 0 bridgehead atoms. The van der Waals surface area contributed by atoms with Gasteiger partial charge in [0.2, 0.25) is 0 Å². The number of hydrogen-bond donors (Lipinski definition) is 1. The second-order valence-electron chi connectivity index (χ2n) is 5.09. The van der Waals surface area contributed by atoms with E-state index in [0.29, 0.717) is 5.69 Å². The number of hydrogen-bond acceptors (Lipinski definition) is 9. The first-order valence-corrected chi connectivity index (χ1v) is 9.26. The molecule has 1 amide bonds. The van der Waals surface area contributed by atoms with Crippen LogP contribution in [0.2, 0.25) is 0 Å². The van der Waals surface area contributed by atoms with Crippen LogP contribution in [0.4, 0.5) is 0 Å². The normalized spacial score (nSPS) is 11.3. The number of halogens is 2. The van der Waals surface area contributed by atoms with Crippen molar-refractivity contribution in [2.45, 2.75) is 13.8 Å². The number of imidazole rings is 1.